The second-order valence-corrected chi connectivity index (χ2v) is 6.92. The first kappa shape index (κ1) is 14.0. The first-order chi connectivity index (χ1) is 7.60. The van der Waals surface area contributed by atoms with E-state index in [4.69, 9.17) is 4.74 Å². The Morgan fingerprint density at radius 1 is 1.31 bits per heavy atom. The molecule has 1 fully saturated rings. The maximum atomic E-state index is 11.5. The Kier molecular flexibility index (Phi) is 5.76. The van der Waals surface area contributed by atoms with Crippen LogP contribution in [0.5, 0.6) is 0 Å². The van der Waals surface area contributed by atoms with Gasteiger partial charge in [0, 0.05) is 6.61 Å². The molecule has 1 heterocycles. The lowest BCUT2D eigenvalue weighted by atomic mass is 9.98. The lowest BCUT2D eigenvalue weighted by Gasteiger charge is -2.16. The molecule has 0 radical (unpaired) electrons. The van der Waals surface area contributed by atoms with Gasteiger partial charge in [0.25, 0.3) is 0 Å². The first-order valence-corrected chi connectivity index (χ1v) is 8.14. The number of rotatable bonds is 7. The predicted molar refractivity (Wildman–Crippen MR) is 66.1 cm³/mol. The van der Waals surface area contributed by atoms with Crippen LogP contribution in [-0.4, -0.2) is 26.2 Å². The summed E-state index contributed by atoms with van der Waals surface area (Å²) in [4.78, 5) is 0. The summed E-state index contributed by atoms with van der Waals surface area (Å²) in [6, 6.07) is 0. The molecule has 0 aromatic rings. The van der Waals surface area contributed by atoms with E-state index in [2.05, 4.69) is 13.8 Å². The third kappa shape index (κ3) is 4.06. The Morgan fingerprint density at radius 3 is 2.56 bits per heavy atom. The van der Waals surface area contributed by atoms with Crippen molar-refractivity contribution < 1.29 is 13.2 Å². The zero-order valence-corrected chi connectivity index (χ0v) is 11.3. The van der Waals surface area contributed by atoms with E-state index < -0.39 is 15.3 Å². The largest absolute Gasteiger partial charge is 0.362 e. The van der Waals surface area contributed by atoms with Crippen LogP contribution in [0.2, 0.25) is 0 Å². The topological polar surface area (TPSA) is 43.4 Å². The minimum atomic E-state index is -2.93. The van der Waals surface area contributed by atoms with Crippen molar-refractivity contribution in [2.45, 2.75) is 57.8 Å². The molecule has 0 amide bonds. The number of sulfone groups is 1. The van der Waals surface area contributed by atoms with Gasteiger partial charge in [-0.05, 0) is 25.2 Å². The average Bonchev–Trinajstić information content (AvgIpc) is 2.57. The van der Waals surface area contributed by atoms with E-state index >= 15 is 0 Å². The number of ether oxygens (including phenoxy) is 1. The predicted octanol–water partition coefficient (Wildman–Crippen LogP) is 2.75. The van der Waals surface area contributed by atoms with Crippen LogP contribution in [0.1, 0.15) is 52.4 Å². The minimum absolute atomic E-state index is 0.309. The van der Waals surface area contributed by atoms with Crippen molar-refractivity contribution in [3.8, 4) is 0 Å². The minimum Gasteiger partial charge on any atom is -0.362 e. The Balaban J connectivity index is 2.24. The second-order valence-electron chi connectivity index (χ2n) is 4.66. The number of hydrogen-bond donors (Lipinski definition) is 0. The summed E-state index contributed by atoms with van der Waals surface area (Å²) in [5.41, 5.74) is -0.508. The van der Waals surface area contributed by atoms with Gasteiger partial charge in [0.1, 0.15) is 0 Å². The Bertz CT molecular complexity index is 285. The van der Waals surface area contributed by atoms with Crippen LogP contribution in [0.25, 0.3) is 0 Å². The Morgan fingerprint density at radius 2 is 2.06 bits per heavy atom. The molecule has 16 heavy (non-hydrogen) atoms. The van der Waals surface area contributed by atoms with Crippen molar-refractivity contribution in [1.82, 2.24) is 0 Å². The van der Waals surface area contributed by atoms with Crippen LogP contribution in [0, 0.1) is 5.92 Å². The quantitative estimate of drug-likeness (QED) is 0.696. The molecule has 0 aromatic carbocycles. The highest BCUT2D eigenvalue weighted by molar-refractivity contribution is 7.92. The van der Waals surface area contributed by atoms with Gasteiger partial charge in [0.2, 0.25) is 0 Å². The normalized spacial score (nSPS) is 25.8. The molecule has 4 heteroatoms. The molecule has 1 aliphatic heterocycles. The monoisotopic (exact) mass is 248 g/mol. The van der Waals surface area contributed by atoms with E-state index in [0.29, 0.717) is 24.7 Å². The van der Waals surface area contributed by atoms with Crippen LogP contribution >= 0.6 is 0 Å². The van der Waals surface area contributed by atoms with Crippen LogP contribution in [-0.2, 0) is 14.6 Å². The Hall–Kier alpha value is -0.0900. The first-order valence-electron chi connectivity index (χ1n) is 6.43. The Labute approximate surface area is 99.5 Å². The summed E-state index contributed by atoms with van der Waals surface area (Å²) >= 11 is 0. The van der Waals surface area contributed by atoms with Gasteiger partial charge in [-0.3, -0.25) is 0 Å². The van der Waals surface area contributed by atoms with Crippen molar-refractivity contribution in [2.24, 2.45) is 5.92 Å². The van der Waals surface area contributed by atoms with Gasteiger partial charge in [-0.25, -0.2) is 8.42 Å². The molecule has 1 aliphatic rings. The van der Waals surface area contributed by atoms with E-state index in [1.165, 1.54) is 12.8 Å². The fourth-order valence-electron chi connectivity index (χ4n) is 2.28. The van der Waals surface area contributed by atoms with E-state index in [1.54, 1.807) is 0 Å². The molecule has 0 bridgehead atoms. The van der Waals surface area contributed by atoms with E-state index in [9.17, 15) is 8.42 Å². The average molecular weight is 248 g/mol. The summed E-state index contributed by atoms with van der Waals surface area (Å²) in [5.74, 6) is 0.998. The summed E-state index contributed by atoms with van der Waals surface area (Å²) in [5, 5.41) is 0. The zero-order valence-electron chi connectivity index (χ0n) is 10.4. The SMILES string of the molecule is CCCC(CC)CCOC1CCCS1(=O)=O. The lowest BCUT2D eigenvalue weighted by molar-refractivity contribution is 0.0914. The molecule has 1 saturated heterocycles. The van der Waals surface area contributed by atoms with Gasteiger partial charge in [0.15, 0.2) is 15.3 Å². The second kappa shape index (κ2) is 6.60. The summed E-state index contributed by atoms with van der Waals surface area (Å²) in [7, 11) is -2.93. The van der Waals surface area contributed by atoms with Crippen LogP contribution in [0.3, 0.4) is 0 Å². The highest BCUT2D eigenvalue weighted by Crippen LogP contribution is 2.22. The highest BCUT2D eigenvalue weighted by Gasteiger charge is 2.31. The van der Waals surface area contributed by atoms with Gasteiger partial charge < -0.3 is 4.74 Å². The van der Waals surface area contributed by atoms with E-state index in [-0.39, 0.29) is 0 Å². The molecule has 3 nitrogen and oxygen atoms in total. The van der Waals surface area contributed by atoms with Crippen molar-refractivity contribution in [3.05, 3.63) is 0 Å². The van der Waals surface area contributed by atoms with Gasteiger partial charge in [0.05, 0.1) is 5.75 Å². The summed E-state index contributed by atoms with van der Waals surface area (Å²) < 4.78 is 28.5. The van der Waals surface area contributed by atoms with Gasteiger partial charge in [-0.2, -0.15) is 0 Å². The fraction of sp³-hybridized carbons (Fsp3) is 1.00. The molecule has 0 spiro atoms. The van der Waals surface area contributed by atoms with Gasteiger partial charge in [-0.15, -0.1) is 0 Å². The van der Waals surface area contributed by atoms with Crippen molar-refractivity contribution in [2.75, 3.05) is 12.4 Å². The third-order valence-electron chi connectivity index (χ3n) is 3.37. The molecular formula is C12H24O3S. The molecule has 0 saturated carbocycles. The van der Waals surface area contributed by atoms with Crippen LogP contribution < -0.4 is 0 Å². The molecule has 96 valence electrons. The summed E-state index contributed by atoms with van der Waals surface area (Å²) in [6.45, 7) is 4.97. The van der Waals surface area contributed by atoms with Crippen molar-refractivity contribution in [1.29, 1.82) is 0 Å². The number of hydrogen-bond acceptors (Lipinski definition) is 3. The van der Waals surface area contributed by atoms with Crippen LogP contribution in [0.15, 0.2) is 0 Å². The molecule has 2 unspecified atom stereocenters. The van der Waals surface area contributed by atoms with Gasteiger partial charge >= 0.3 is 0 Å². The summed E-state index contributed by atoms with van der Waals surface area (Å²) in [6.07, 6.45) is 6.02. The molecule has 0 aromatic heterocycles. The third-order valence-corrected chi connectivity index (χ3v) is 5.40. The molecule has 2 atom stereocenters. The molecular weight excluding hydrogens is 224 g/mol. The van der Waals surface area contributed by atoms with Gasteiger partial charge in [-0.1, -0.05) is 33.1 Å². The fourth-order valence-corrected chi connectivity index (χ4v) is 3.94. The van der Waals surface area contributed by atoms with Crippen LogP contribution in [0.4, 0.5) is 0 Å². The highest BCUT2D eigenvalue weighted by atomic mass is 32.2. The van der Waals surface area contributed by atoms with E-state index in [0.717, 1.165) is 19.3 Å². The molecule has 0 N–H and O–H groups in total. The zero-order chi connectivity index (χ0) is 12.0. The molecule has 1 rings (SSSR count). The lowest BCUT2D eigenvalue weighted by Crippen LogP contribution is -2.21. The van der Waals surface area contributed by atoms with Crippen molar-refractivity contribution in [3.63, 3.8) is 0 Å². The van der Waals surface area contributed by atoms with E-state index in [1.807, 2.05) is 0 Å². The molecule has 0 aliphatic carbocycles. The smallest absolute Gasteiger partial charge is 0.177 e. The standard InChI is InChI=1S/C12H24O3S/c1-3-6-11(4-2)8-9-15-12-7-5-10-16(12,13)14/h11-12H,3-10H2,1-2H3. The maximum absolute atomic E-state index is 11.5. The van der Waals surface area contributed by atoms with Crippen molar-refractivity contribution >= 4 is 9.84 Å². The maximum Gasteiger partial charge on any atom is 0.177 e.